The van der Waals surface area contributed by atoms with Crippen molar-refractivity contribution in [1.82, 2.24) is 4.31 Å². The summed E-state index contributed by atoms with van der Waals surface area (Å²) in [6.07, 6.45) is 3.49. The molecular formula is C6H12NO2S. The average Bonchev–Trinajstić information content (AvgIpc) is 2.47. The molecule has 0 saturated heterocycles. The molecule has 0 aliphatic heterocycles. The van der Waals surface area contributed by atoms with Crippen molar-refractivity contribution in [3.63, 3.8) is 0 Å². The first-order chi connectivity index (χ1) is 4.50. The molecule has 0 N–H and O–H groups in total. The summed E-state index contributed by atoms with van der Waals surface area (Å²) in [5.74, 6) is 0.576. The maximum Gasteiger partial charge on any atom is 0.211 e. The minimum absolute atomic E-state index is 0.576. The Morgan fingerprint density at radius 2 is 2.10 bits per heavy atom. The summed E-state index contributed by atoms with van der Waals surface area (Å²) in [4.78, 5) is 0. The topological polar surface area (TPSA) is 37.4 Å². The highest BCUT2D eigenvalue weighted by Crippen LogP contribution is 2.29. The third-order valence-corrected chi connectivity index (χ3v) is 2.71. The number of sulfonamides is 1. The van der Waals surface area contributed by atoms with Gasteiger partial charge in [0.25, 0.3) is 0 Å². The Balaban J connectivity index is 2.40. The fraction of sp³-hybridized carbons (Fsp3) is 0.833. The summed E-state index contributed by atoms with van der Waals surface area (Å²) < 4.78 is 22.7. The Bertz CT molecular complexity index is 206. The van der Waals surface area contributed by atoms with E-state index in [-0.39, 0.29) is 0 Å². The van der Waals surface area contributed by atoms with Crippen LogP contribution in [0.15, 0.2) is 0 Å². The van der Waals surface area contributed by atoms with Gasteiger partial charge in [-0.25, -0.2) is 12.7 Å². The van der Waals surface area contributed by atoms with Crippen molar-refractivity contribution >= 4 is 10.0 Å². The molecule has 1 aliphatic rings. The van der Waals surface area contributed by atoms with E-state index in [0.717, 1.165) is 12.8 Å². The first-order valence-electron chi connectivity index (χ1n) is 3.28. The van der Waals surface area contributed by atoms with Crippen LogP contribution in [-0.2, 0) is 10.0 Å². The largest absolute Gasteiger partial charge is 0.213 e. The predicted molar refractivity (Wildman–Crippen MR) is 39.6 cm³/mol. The van der Waals surface area contributed by atoms with Gasteiger partial charge < -0.3 is 0 Å². The number of rotatable bonds is 3. The van der Waals surface area contributed by atoms with Crippen molar-refractivity contribution in [3.05, 3.63) is 7.05 Å². The molecule has 0 aromatic rings. The summed E-state index contributed by atoms with van der Waals surface area (Å²) in [7, 11) is 0.399. The molecule has 10 heavy (non-hydrogen) atoms. The van der Waals surface area contributed by atoms with Crippen LogP contribution in [0.5, 0.6) is 0 Å². The van der Waals surface area contributed by atoms with Gasteiger partial charge in [-0.1, -0.05) is 0 Å². The minimum atomic E-state index is -3.04. The van der Waals surface area contributed by atoms with E-state index in [0.29, 0.717) is 12.5 Å². The molecule has 0 heterocycles. The molecule has 1 rings (SSSR count). The molecule has 1 fully saturated rings. The molecule has 1 saturated carbocycles. The van der Waals surface area contributed by atoms with Gasteiger partial charge in [-0.2, -0.15) is 0 Å². The SMILES string of the molecule is [CH2]N(CC1CC1)S(C)(=O)=O. The Kier molecular flexibility index (Phi) is 2.01. The van der Waals surface area contributed by atoms with E-state index >= 15 is 0 Å². The molecule has 0 aromatic carbocycles. The molecular weight excluding hydrogens is 150 g/mol. The van der Waals surface area contributed by atoms with Crippen LogP contribution in [0, 0.1) is 13.0 Å². The van der Waals surface area contributed by atoms with Gasteiger partial charge in [0.1, 0.15) is 0 Å². The molecule has 1 radical (unpaired) electrons. The summed E-state index contributed by atoms with van der Waals surface area (Å²) in [6, 6.07) is 0. The van der Waals surface area contributed by atoms with Gasteiger partial charge >= 0.3 is 0 Å². The van der Waals surface area contributed by atoms with Crippen LogP contribution in [-0.4, -0.2) is 25.5 Å². The second-order valence-electron chi connectivity index (χ2n) is 2.84. The summed E-state index contributed by atoms with van der Waals surface area (Å²) in [5.41, 5.74) is 0. The van der Waals surface area contributed by atoms with Crippen molar-refractivity contribution < 1.29 is 8.42 Å². The van der Waals surface area contributed by atoms with Crippen molar-refractivity contribution in [2.24, 2.45) is 5.92 Å². The highest BCUT2D eigenvalue weighted by atomic mass is 32.2. The third kappa shape index (κ3) is 2.27. The lowest BCUT2D eigenvalue weighted by atomic mass is 10.4. The highest BCUT2D eigenvalue weighted by Gasteiger charge is 2.25. The molecule has 0 aromatic heterocycles. The fourth-order valence-electron chi connectivity index (χ4n) is 0.724. The first-order valence-corrected chi connectivity index (χ1v) is 5.13. The van der Waals surface area contributed by atoms with E-state index in [1.807, 2.05) is 0 Å². The highest BCUT2D eigenvalue weighted by molar-refractivity contribution is 7.88. The van der Waals surface area contributed by atoms with Gasteiger partial charge in [0.15, 0.2) is 0 Å². The molecule has 0 amide bonds. The summed E-state index contributed by atoms with van der Waals surface area (Å²) >= 11 is 0. The lowest BCUT2D eigenvalue weighted by molar-refractivity contribution is 0.483. The molecule has 4 heteroatoms. The van der Waals surface area contributed by atoms with E-state index in [9.17, 15) is 8.42 Å². The second kappa shape index (κ2) is 2.51. The maximum absolute atomic E-state index is 10.8. The van der Waals surface area contributed by atoms with Crippen LogP contribution >= 0.6 is 0 Å². The molecule has 3 nitrogen and oxygen atoms in total. The zero-order chi connectivity index (χ0) is 7.78. The van der Waals surface area contributed by atoms with Gasteiger partial charge in [0.05, 0.1) is 6.26 Å². The van der Waals surface area contributed by atoms with E-state index in [4.69, 9.17) is 0 Å². The van der Waals surface area contributed by atoms with Crippen LogP contribution in [0.1, 0.15) is 12.8 Å². The smallest absolute Gasteiger partial charge is 0.211 e. The van der Waals surface area contributed by atoms with Crippen LogP contribution in [0.2, 0.25) is 0 Å². The van der Waals surface area contributed by atoms with Gasteiger partial charge in [-0.05, 0) is 18.8 Å². The van der Waals surface area contributed by atoms with Crippen molar-refractivity contribution in [2.75, 3.05) is 12.8 Å². The zero-order valence-corrected chi connectivity index (χ0v) is 6.89. The molecule has 0 unspecified atom stereocenters. The second-order valence-corrected chi connectivity index (χ2v) is 4.82. The minimum Gasteiger partial charge on any atom is -0.213 e. The quantitative estimate of drug-likeness (QED) is 0.604. The average molecular weight is 162 g/mol. The molecule has 59 valence electrons. The first kappa shape index (κ1) is 8.01. The Labute approximate surface area is 62.1 Å². The lowest BCUT2D eigenvalue weighted by Crippen LogP contribution is -2.25. The number of hydrogen-bond donors (Lipinski definition) is 0. The zero-order valence-electron chi connectivity index (χ0n) is 6.08. The molecule has 1 aliphatic carbocycles. The van der Waals surface area contributed by atoms with Crippen LogP contribution < -0.4 is 0 Å². The van der Waals surface area contributed by atoms with Crippen molar-refractivity contribution in [2.45, 2.75) is 12.8 Å². The van der Waals surface area contributed by atoms with Crippen molar-refractivity contribution in [1.29, 1.82) is 0 Å². The summed E-state index contributed by atoms with van der Waals surface area (Å²) in [6.45, 7) is 0.596. The molecule has 0 atom stereocenters. The van der Waals surface area contributed by atoms with Gasteiger partial charge in [-0.3, -0.25) is 0 Å². The number of nitrogens with zero attached hydrogens (tertiary/aromatic N) is 1. The molecule has 0 spiro atoms. The van der Waals surface area contributed by atoms with Crippen LogP contribution in [0.3, 0.4) is 0 Å². The predicted octanol–water partition coefficient (Wildman–Crippen LogP) is 0.450. The van der Waals surface area contributed by atoms with Gasteiger partial charge in [0, 0.05) is 13.6 Å². The standard InChI is InChI=1S/C6H12NO2S/c1-7(10(2,8)9)5-6-3-4-6/h6H,1,3-5H2,2H3. The van der Waals surface area contributed by atoms with Crippen LogP contribution in [0.4, 0.5) is 0 Å². The maximum atomic E-state index is 10.8. The lowest BCUT2D eigenvalue weighted by Gasteiger charge is -2.11. The van der Waals surface area contributed by atoms with E-state index in [2.05, 4.69) is 7.05 Å². The monoisotopic (exact) mass is 162 g/mol. The van der Waals surface area contributed by atoms with Gasteiger partial charge in [-0.15, -0.1) is 0 Å². The van der Waals surface area contributed by atoms with E-state index in [1.165, 1.54) is 10.6 Å². The van der Waals surface area contributed by atoms with E-state index < -0.39 is 10.0 Å². The normalized spacial score (nSPS) is 19.9. The molecule has 0 bridgehead atoms. The van der Waals surface area contributed by atoms with E-state index in [1.54, 1.807) is 0 Å². The van der Waals surface area contributed by atoms with Gasteiger partial charge in [0.2, 0.25) is 10.0 Å². The van der Waals surface area contributed by atoms with Crippen molar-refractivity contribution in [3.8, 4) is 0 Å². The Morgan fingerprint density at radius 3 is 2.40 bits per heavy atom. The Morgan fingerprint density at radius 1 is 1.60 bits per heavy atom. The number of hydrogen-bond acceptors (Lipinski definition) is 2. The Hall–Kier alpha value is -0.0900. The van der Waals surface area contributed by atoms with Crippen LogP contribution in [0.25, 0.3) is 0 Å². The third-order valence-electron chi connectivity index (χ3n) is 1.63. The summed E-state index contributed by atoms with van der Waals surface area (Å²) in [5, 5.41) is 0. The fourth-order valence-corrected chi connectivity index (χ4v) is 1.21.